The van der Waals surface area contributed by atoms with E-state index in [9.17, 15) is 0 Å². The number of aromatic amines is 1. The third kappa shape index (κ3) is 3.27. The maximum Gasteiger partial charge on any atom is 0.179 e. The topological polar surface area (TPSA) is 56.8 Å². The van der Waals surface area contributed by atoms with E-state index in [2.05, 4.69) is 49.3 Å². The molecule has 6 heteroatoms. The number of para-hydroxylation sites is 2. The van der Waals surface area contributed by atoms with Crippen LogP contribution in [0.25, 0.3) is 33.3 Å². The molecule has 0 atom stereocenters. The lowest BCUT2D eigenvalue weighted by Crippen LogP contribution is -2.26. The van der Waals surface area contributed by atoms with Crippen LogP contribution >= 0.6 is 15.9 Å². The van der Waals surface area contributed by atoms with Crippen molar-refractivity contribution in [2.75, 3.05) is 31.5 Å². The van der Waals surface area contributed by atoms with Crippen molar-refractivity contribution in [1.82, 2.24) is 19.9 Å². The van der Waals surface area contributed by atoms with Crippen molar-refractivity contribution in [2.24, 2.45) is 0 Å². The highest BCUT2D eigenvalue weighted by Gasteiger charge is 2.16. The first-order valence-electron chi connectivity index (χ1n) is 9.79. The summed E-state index contributed by atoms with van der Waals surface area (Å²) >= 11 is 3.74. The lowest BCUT2D eigenvalue weighted by Gasteiger charge is -2.16. The first kappa shape index (κ1) is 17.6. The van der Waals surface area contributed by atoms with E-state index in [1.165, 1.54) is 25.9 Å². The van der Waals surface area contributed by atoms with Gasteiger partial charge in [-0.1, -0.05) is 30.3 Å². The lowest BCUT2D eigenvalue weighted by atomic mass is 10.2. The molecule has 2 N–H and O–H groups in total. The van der Waals surface area contributed by atoms with Gasteiger partial charge in [0.2, 0.25) is 0 Å². The summed E-state index contributed by atoms with van der Waals surface area (Å²) < 4.78 is 1.00. The Hall–Kier alpha value is -2.44. The molecule has 142 valence electrons. The van der Waals surface area contributed by atoms with Gasteiger partial charge in [0.05, 0.1) is 15.7 Å². The van der Waals surface area contributed by atoms with E-state index in [4.69, 9.17) is 9.97 Å². The van der Waals surface area contributed by atoms with E-state index < -0.39 is 0 Å². The summed E-state index contributed by atoms with van der Waals surface area (Å²) in [5, 5.41) is 5.75. The van der Waals surface area contributed by atoms with Gasteiger partial charge in [-0.15, -0.1) is 0 Å². The molecule has 1 aliphatic heterocycles. The normalized spacial score (nSPS) is 14.9. The second-order valence-corrected chi connectivity index (χ2v) is 8.04. The third-order valence-electron chi connectivity index (χ3n) is 5.39. The second kappa shape index (κ2) is 7.53. The van der Waals surface area contributed by atoms with Gasteiger partial charge in [0.1, 0.15) is 5.82 Å². The first-order valence-corrected chi connectivity index (χ1v) is 10.6. The van der Waals surface area contributed by atoms with Crippen LogP contribution in [0.4, 0.5) is 5.82 Å². The van der Waals surface area contributed by atoms with Crippen LogP contribution in [0.15, 0.2) is 53.0 Å². The Morgan fingerprint density at radius 1 is 0.964 bits per heavy atom. The molecule has 1 fully saturated rings. The second-order valence-electron chi connectivity index (χ2n) is 7.25. The van der Waals surface area contributed by atoms with E-state index >= 15 is 0 Å². The molecular weight excluding hydrogens is 414 g/mol. The zero-order valence-corrected chi connectivity index (χ0v) is 17.2. The molecular formula is C22H22BrN5. The Kier molecular flexibility index (Phi) is 4.74. The number of nitrogens with one attached hydrogen (secondary N) is 2. The molecule has 2 aromatic heterocycles. The van der Waals surface area contributed by atoms with Gasteiger partial charge >= 0.3 is 0 Å². The van der Waals surface area contributed by atoms with Crippen LogP contribution in [0.5, 0.6) is 0 Å². The standard InChI is InChI=1S/C22H22BrN5/c23-19-15-7-1-3-9-17(15)25-20(19)22-26-18-10-4-2-8-16(18)21(27-22)24-11-14-28-12-5-6-13-28/h1-4,7-10,25H,5-6,11-14H2,(H,24,26,27). The number of fused-ring (bicyclic) bond motifs is 2. The molecule has 5 rings (SSSR count). The molecule has 4 aromatic rings. The Labute approximate surface area is 172 Å². The van der Waals surface area contributed by atoms with E-state index in [1.807, 2.05) is 30.3 Å². The largest absolute Gasteiger partial charge is 0.368 e. The number of hydrogen-bond acceptors (Lipinski definition) is 4. The van der Waals surface area contributed by atoms with Crippen LogP contribution in [0.2, 0.25) is 0 Å². The van der Waals surface area contributed by atoms with Gasteiger partial charge in [-0.2, -0.15) is 0 Å². The van der Waals surface area contributed by atoms with Gasteiger partial charge in [0.15, 0.2) is 5.82 Å². The van der Waals surface area contributed by atoms with E-state index in [1.54, 1.807) is 0 Å². The number of hydrogen-bond donors (Lipinski definition) is 2. The minimum Gasteiger partial charge on any atom is -0.368 e. The van der Waals surface area contributed by atoms with Crippen molar-refractivity contribution in [1.29, 1.82) is 0 Å². The number of anilines is 1. The molecule has 0 aliphatic carbocycles. The van der Waals surface area contributed by atoms with E-state index in [-0.39, 0.29) is 0 Å². The fourth-order valence-corrected chi connectivity index (χ4v) is 4.55. The van der Waals surface area contributed by atoms with Crippen LogP contribution in [0.1, 0.15) is 12.8 Å². The van der Waals surface area contributed by atoms with Crippen molar-refractivity contribution in [3.8, 4) is 11.5 Å². The van der Waals surface area contributed by atoms with Crippen LogP contribution < -0.4 is 5.32 Å². The fourth-order valence-electron chi connectivity index (χ4n) is 3.92. The summed E-state index contributed by atoms with van der Waals surface area (Å²) in [5.41, 5.74) is 2.93. The van der Waals surface area contributed by atoms with Gasteiger partial charge in [-0.3, -0.25) is 0 Å². The summed E-state index contributed by atoms with van der Waals surface area (Å²) in [5.74, 6) is 1.59. The molecule has 28 heavy (non-hydrogen) atoms. The maximum absolute atomic E-state index is 4.89. The number of halogens is 1. The summed E-state index contributed by atoms with van der Waals surface area (Å²) in [6.45, 7) is 4.34. The van der Waals surface area contributed by atoms with Crippen molar-refractivity contribution in [3.63, 3.8) is 0 Å². The molecule has 0 saturated carbocycles. The highest BCUT2D eigenvalue weighted by molar-refractivity contribution is 9.10. The molecule has 0 radical (unpaired) electrons. The van der Waals surface area contributed by atoms with Crippen molar-refractivity contribution in [3.05, 3.63) is 53.0 Å². The first-order chi connectivity index (χ1) is 13.8. The molecule has 0 unspecified atom stereocenters. The monoisotopic (exact) mass is 435 g/mol. The molecule has 0 bridgehead atoms. The average molecular weight is 436 g/mol. The minimum atomic E-state index is 0.699. The number of aromatic nitrogens is 3. The van der Waals surface area contributed by atoms with Gasteiger partial charge in [-0.05, 0) is 60.1 Å². The lowest BCUT2D eigenvalue weighted by molar-refractivity contribution is 0.352. The number of H-pyrrole nitrogens is 1. The quantitative estimate of drug-likeness (QED) is 0.460. The van der Waals surface area contributed by atoms with Crippen molar-refractivity contribution >= 4 is 43.6 Å². The molecule has 0 amide bonds. The van der Waals surface area contributed by atoms with Gasteiger partial charge in [0, 0.05) is 29.4 Å². The summed E-state index contributed by atoms with van der Waals surface area (Å²) in [6.07, 6.45) is 2.63. The predicted molar refractivity (Wildman–Crippen MR) is 119 cm³/mol. The predicted octanol–water partition coefficient (Wildman–Crippen LogP) is 5.05. The zero-order chi connectivity index (χ0) is 18.9. The Morgan fingerprint density at radius 2 is 1.71 bits per heavy atom. The van der Waals surface area contributed by atoms with E-state index in [0.29, 0.717) is 5.82 Å². The van der Waals surface area contributed by atoms with Crippen LogP contribution in [-0.4, -0.2) is 46.0 Å². The average Bonchev–Trinajstić information content (AvgIpc) is 3.36. The molecule has 3 heterocycles. The van der Waals surface area contributed by atoms with Crippen molar-refractivity contribution in [2.45, 2.75) is 12.8 Å². The maximum atomic E-state index is 4.89. The summed E-state index contributed by atoms with van der Waals surface area (Å²) in [7, 11) is 0. The minimum absolute atomic E-state index is 0.699. The Balaban J connectivity index is 1.52. The van der Waals surface area contributed by atoms with E-state index in [0.717, 1.165) is 50.9 Å². The van der Waals surface area contributed by atoms with Crippen LogP contribution in [-0.2, 0) is 0 Å². The van der Waals surface area contributed by atoms with Gasteiger partial charge in [0.25, 0.3) is 0 Å². The van der Waals surface area contributed by atoms with Crippen LogP contribution in [0, 0.1) is 0 Å². The van der Waals surface area contributed by atoms with Crippen LogP contribution in [0.3, 0.4) is 0 Å². The SMILES string of the molecule is Brc1c(-c2nc(NCCN3CCCC3)c3ccccc3n2)[nH]c2ccccc12. The van der Waals surface area contributed by atoms with Crippen molar-refractivity contribution < 1.29 is 0 Å². The Morgan fingerprint density at radius 3 is 2.54 bits per heavy atom. The summed E-state index contributed by atoms with van der Waals surface area (Å²) in [6, 6.07) is 16.4. The highest BCUT2D eigenvalue weighted by Crippen LogP contribution is 2.34. The molecule has 2 aromatic carbocycles. The molecule has 0 spiro atoms. The number of nitrogens with zero attached hydrogens (tertiary/aromatic N) is 3. The highest BCUT2D eigenvalue weighted by atomic mass is 79.9. The number of rotatable bonds is 5. The summed E-state index contributed by atoms with van der Waals surface area (Å²) in [4.78, 5) is 15.7. The zero-order valence-electron chi connectivity index (χ0n) is 15.6. The fraction of sp³-hybridized carbons (Fsp3) is 0.273. The molecule has 1 aliphatic rings. The van der Waals surface area contributed by atoms with Gasteiger partial charge < -0.3 is 15.2 Å². The van der Waals surface area contributed by atoms with Gasteiger partial charge in [-0.25, -0.2) is 9.97 Å². The Bertz CT molecular complexity index is 1130. The molecule has 1 saturated heterocycles. The number of benzene rings is 2. The number of likely N-dealkylation sites (tertiary alicyclic amines) is 1. The smallest absolute Gasteiger partial charge is 0.179 e. The third-order valence-corrected chi connectivity index (χ3v) is 6.21. The molecule has 5 nitrogen and oxygen atoms in total.